The molecule has 0 aliphatic heterocycles. The molecule has 0 bridgehead atoms. The molecule has 0 heterocycles. The van der Waals surface area contributed by atoms with Crippen molar-refractivity contribution in [3.63, 3.8) is 0 Å². The minimum Gasteiger partial charge on any atom is -0.444 e. The summed E-state index contributed by atoms with van der Waals surface area (Å²) in [6.45, 7) is 11.1. The van der Waals surface area contributed by atoms with Crippen molar-refractivity contribution in [2.24, 2.45) is 0 Å². The Hall–Kier alpha value is -2.04. The Kier molecular flexibility index (Phi) is 5.97. The van der Waals surface area contributed by atoms with E-state index in [-0.39, 0.29) is 5.91 Å². The topological polar surface area (TPSA) is 67.4 Å². The Balaban J connectivity index is 2.61. The number of nitrogens with one attached hydrogen (secondary N) is 2. The van der Waals surface area contributed by atoms with Crippen LogP contribution in [0, 0.1) is 0 Å². The van der Waals surface area contributed by atoms with E-state index in [0.717, 1.165) is 5.56 Å². The molecule has 0 aliphatic rings. The van der Waals surface area contributed by atoms with Gasteiger partial charge in [0.05, 0.1) is 0 Å². The van der Waals surface area contributed by atoms with Gasteiger partial charge in [0.25, 0.3) is 0 Å². The summed E-state index contributed by atoms with van der Waals surface area (Å²) in [4.78, 5) is 23.8. The van der Waals surface area contributed by atoms with Gasteiger partial charge in [0.1, 0.15) is 11.6 Å². The van der Waals surface area contributed by atoms with Crippen LogP contribution in [0.15, 0.2) is 24.3 Å². The average molecular weight is 306 g/mol. The predicted octanol–water partition coefficient (Wildman–Crippen LogP) is 3.66. The highest BCUT2D eigenvalue weighted by Crippen LogP contribution is 2.18. The van der Waals surface area contributed by atoms with Crippen molar-refractivity contribution in [3.8, 4) is 0 Å². The van der Waals surface area contributed by atoms with Crippen molar-refractivity contribution in [2.45, 2.75) is 59.1 Å². The zero-order chi connectivity index (χ0) is 16.9. The lowest BCUT2D eigenvalue weighted by molar-refractivity contribution is -0.117. The van der Waals surface area contributed by atoms with E-state index in [2.05, 4.69) is 24.5 Å². The standard InChI is InChI=1S/C17H26N2O3/c1-11(2)13-8-7-9-14(10-13)19-15(20)12(3)18-16(21)22-17(4,5)6/h7-12H,1-6H3,(H,18,21)(H,19,20)/t12-/m1/s1. The zero-order valence-corrected chi connectivity index (χ0v) is 14.2. The number of hydrogen-bond donors (Lipinski definition) is 2. The number of amides is 2. The lowest BCUT2D eigenvalue weighted by Gasteiger charge is -2.21. The minimum absolute atomic E-state index is 0.285. The first-order valence-electron chi connectivity index (χ1n) is 7.49. The molecule has 0 spiro atoms. The molecular formula is C17H26N2O3. The number of benzene rings is 1. The largest absolute Gasteiger partial charge is 0.444 e. The summed E-state index contributed by atoms with van der Waals surface area (Å²) in [5.41, 5.74) is 1.27. The van der Waals surface area contributed by atoms with E-state index in [1.165, 1.54) is 0 Å². The van der Waals surface area contributed by atoms with E-state index in [1.54, 1.807) is 27.7 Å². The molecule has 0 fully saturated rings. The van der Waals surface area contributed by atoms with Gasteiger partial charge in [0, 0.05) is 5.69 Å². The number of alkyl carbamates (subject to hydrolysis) is 1. The number of hydrogen-bond acceptors (Lipinski definition) is 3. The van der Waals surface area contributed by atoms with Gasteiger partial charge in [0.15, 0.2) is 0 Å². The first kappa shape index (κ1) is 18.0. The molecule has 2 N–H and O–H groups in total. The third-order valence-corrected chi connectivity index (χ3v) is 2.95. The lowest BCUT2D eigenvalue weighted by atomic mass is 10.0. The van der Waals surface area contributed by atoms with Crippen LogP contribution in [0.3, 0.4) is 0 Å². The van der Waals surface area contributed by atoms with Crippen LogP contribution in [0.25, 0.3) is 0 Å². The molecule has 2 amide bonds. The smallest absolute Gasteiger partial charge is 0.408 e. The SMILES string of the molecule is CC(C)c1cccc(NC(=O)[C@@H](C)NC(=O)OC(C)(C)C)c1. The number of ether oxygens (including phenoxy) is 1. The van der Waals surface area contributed by atoms with E-state index in [9.17, 15) is 9.59 Å². The van der Waals surface area contributed by atoms with Gasteiger partial charge >= 0.3 is 6.09 Å². The van der Waals surface area contributed by atoms with Gasteiger partial charge in [-0.15, -0.1) is 0 Å². The van der Waals surface area contributed by atoms with E-state index in [0.29, 0.717) is 11.6 Å². The first-order valence-corrected chi connectivity index (χ1v) is 7.49. The van der Waals surface area contributed by atoms with Crippen LogP contribution < -0.4 is 10.6 Å². The Morgan fingerprint density at radius 3 is 2.32 bits per heavy atom. The van der Waals surface area contributed by atoms with Gasteiger partial charge in [-0.25, -0.2) is 4.79 Å². The van der Waals surface area contributed by atoms with Crippen molar-refractivity contribution in [1.29, 1.82) is 0 Å². The van der Waals surface area contributed by atoms with Crippen LogP contribution in [0.1, 0.15) is 53.0 Å². The summed E-state index contributed by atoms with van der Waals surface area (Å²) in [5, 5.41) is 5.32. The fourth-order valence-corrected chi connectivity index (χ4v) is 1.78. The van der Waals surface area contributed by atoms with Crippen molar-refractivity contribution in [1.82, 2.24) is 5.32 Å². The summed E-state index contributed by atoms with van der Waals surface area (Å²) >= 11 is 0. The van der Waals surface area contributed by atoms with Crippen LogP contribution in [0.2, 0.25) is 0 Å². The summed E-state index contributed by atoms with van der Waals surface area (Å²) in [5.74, 6) is 0.0981. The molecule has 1 rings (SSSR count). The van der Waals surface area contributed by atoms with Gasteiger partial charge in [-0.3, -0.25) is 4.79 Å². The monoisotopic (exact) mass is 306 g/mol. The Morgan fingerprint density at radius 1 is 1.14 bits per heavy atom. The fraction of sp³-hybridized carbons (Fsp3) is 0.529. The van der Waals surface area contributed by atoms with Crippen LogP contribution in [0.4, 0.5) is 10.5 Å². The van der Waals surface area contributed by atoms with Crippen molar-refractivity contribution >= 4 is 17.7 Å². The van der Waals surface area contributed by atoms with Gasteiger partial charge < -0.3 is 15.4 Å². The fourth-order valence-electron chi connectivity index (χ4n) is 1.78. The maximum atomic E-state index is 12.1. The zero-order valence-electron chi connectivity index (χ0n) is 14.2. The number of anilines is 1. The highest BCUT2D eigenvalue weighted by atomic mass is 16.6. The molecule has 0 saturated carbocycles. The summed E-state index contributed by atoms with van der Waals surface area (Å²) in [6, 6.07) is 6.99. The maximum Gasteiger partial charge on any atom is 0.408 e. The van der Waals surface area contributed by atoms with Crippen molar-refractivity contribution in [2.75, 3.05) is 5.32 Å². The summed E-state index contributed by atoms with van der Waals surface area (Å²) in [7, 11) is 0. The minimum atomic E-state index is -0.683. The third-order valence-electron chi connectivity index (χ3n) is 2.95. The normalized spacial score (nSPS) is 12.7. The van der Waals surface area contributed by atoms with Crippen LogP contribution in [-0.2, 0) is 9.53 Å². The molecule has 5 nitrogen and oxygen atoms in total. The van der Waals surface area contributed by atoms with E-state index >= 15 is 0 Å². The van der Waals surface area contributed by atoms with E-state index in [1.807, 2.05) is 24.3 Å². The second-order valence-corrected chi connectivity index (χ2v) is 6.64. The molecule has 22 heavy (non-hydrogen) atoms. The molecule has 0 radical (unpaired) electrons. The van der Waals surface area contributed by atoms with Crippen LogP contribution in [0.5, 0.6) is 0 Å². The number of carbonyl (C=O) groups is 2. The van der Waals surface area contributed by atoms with Gasteiger partial charge in [-0.2, -0.15) is 0 Å². The Labute approximate surface area is 132 Å². The molecule has 0 unspecified atom stereocenters. The molecule has 1 aromatic carbocycles. The molecule has 5 heteroatoms. The Bertz CT molecular complexity index is 533. The molecule has 122 valence electrons. The number of carbonyl (C=O) groups excluding carboxylic acids is 2. The number of rotatable bonds is 4. The van der Waals surface area contributed by atoms with Gasteiger partial charge in [-0.05, 0) is 51.3 Å². The highest BCUT2D eigenvalue weighted by molar-refractivity contribution is 5.96. The molecule has 0 aliphatic carbocycles. The second-order valence-electron chi connectivity index (χ2n) is 6.64. The maximum absolute atomic E-state index is 12.1. The molecule has 0 saturated heterocycles. The quantitative estimate of drug-likeness (QED) is 0.892. The third kappa shape index (κ3) is 6.16. The van der Waals surface area contributed by atoms with Crippen molar-refractivity contribution in [3.05, 3.63) is 29.8 Å². The van der Waals surface area contributed by atoms with E-state index in [4.69, 9.17) is 4.74 Å². The van der Waals surface area contributed by atoms with Crippen LogP contribution >= 0.6 is 0 Å². The van der Waals surface area contributed by atoms with Gasteiger partial charge in [-0.1, -0.05) is 26.0 Å². The predicted molar refractivity (Wildman–Crippen MR) is 88.0 cm³/mol. The van der Waals surface area contributed by atoms with E-state index < -0.39 is 17.7 Å². The van der Waals surface area contributed by atoms with Gasteiger partial charge in [0.2, 0.25) is 5.91 Å². The summed E-state index contributed by atoms with van der Waals surface area (Å²) < 4.78 is 5.13. The highest BCUT2D eigenvalue weighted by Gasteiger charge is 2.21. The Morgan fingerprint density at radius 2 is 1.77 bits per heavy atom. The lowest BCUT2D eigenvalue weighted by Crippen LogP contribution is -2.43. The molecule has 0 aromatic heterocycles. The summed E-state index contributed by atoms with van der Waals surface area (Å²) in [6.07, 6.45) is -0.605. The molecular weight excluding hydrogens is 280 g/mol. The van der Waals surface area contributed by atoms with Crippen molar-refractivity contribution < 1.29 is 14.3 Å². The first-order chi connectivity index (χ1) is 10.1. The molecule has 1 aromatic rings. The molecule has 1 atom stereocenters. The average Bonchev–Trinajstić information content (AvgIpc) is 2.36. The second kappa shape index (κ2) is 7.29. The van der Waals surface area contributed by atoms with Crippen LogP contribution in [-0.4, -0.2) is 23.6 Å².